The first-order valence-electron chi connectivity index (χ1n) is 14.2. The van der Waals surface area contributed by atoms with Gasteiger partial charge in [-0.15, -0.1) is 0 Å². The Morgan fingerprint density at radius 3 is 1.86 bits per heavy atom. The molecule has 0 unspecified atom stereocenters. The molecule has 2 amide bonds. The summed E-state index contributed by atoms with van der Waals surface area (Å²) in [6.45, 7) is 5.29. The van der Waals surface area contributed by atoms with Gasteiger partial charge < -0.3 is 30.9 Å². The van der Waals surface area contributed by atoms with E-state index in [1.807, 2.05) is 112 Å². The second kappa shape index (κ2) is 14.0. The van der Waals surface area contributed by atoms with Gasteiger partial charge in [0.1, 0.15) is 23.1 Å². The van der Waals surface area contributed by atoms with E-state index in [0.717, 1.165) is 16.7 Å². The Morgan fingerprint density at radius 2 is 1.40 bits per heavy atom. The third-order valence-corrected chi connectivity index (χ3v) is 6.74. The number of carbonyl (C=O) groups is 2. The molecule has 0 aliphatic carbocycles. The highest BCUT2D eigenvalue weighted by atomic mass is 16.5. The normalized spacial score (nSPS) is 12.3. The van der Waals surface area contributed by atoms with E-state index in [4.69, 9.17) is 4.74 Å². The number of hydrogen-bond acceptors (Lipinski definition) is 7. The molecule has 43 heavy (non-hydrogen) atoms. The summed E-state index contributed by atoms with van der Waals surface area (Å²) in [4.78, 5) is 25.0. The minimum Gasteiger partial charge on any atom is -0.449 e. The van der Waals surface area contributed by atoms with Crippen molar-refractivity contribution in [3.63, 3.8) is 0 Å². The number of carbonyl (C=O) groups excluding carboxylic acids is 2. The molecule has 3 aromatic carbocycles. The second-order valence-electron chi connectivity index (χ2n) is 11.1. The molecule has 0 saturated heterocycles. The number of aromatic nitrogens is 2. The molecule has 0 saturated carbocycles. The summed E-state index contributed by atoms with van der Waals surface area (Å²) in [5, 5.41) is 33.9. The van der Waals surface area contributed by atoms with Crippen LogP contribution in [-0.4, -0.2) is 56.9 Å². The van der Waals surface area contributed by atoms with Crippen LogP contribution in [0.15, 0.2) is 97.2 Å². The third-order valence-electron chi connectivity index (χ3n) is 6.74. The first kappa shape index (κ1) is 31.3. The largest absolute Gasteiger partial charge is 0.449 e. The molecule has 4 rings (SSSR count). The number of anilines is 2. The highest BCUT2D eigenvalue weighted by Crippen LogP contribution is 2.41. The minimum atomic E-state index is -1.45. The van der Waals surface area contributed by atoms with Crippen molar-refractivity contribution in [2.45, 2.75) is 50.9 Å². The minimum absolute atomic E-state index is 0.0983. The van der Waals surface area contributed by atoms with Crippen LogP contribution < -0.4 is 16.0 Å². The maximum absolute atomic E-state index is 13.1. The molecule has 1 aromatic heterocycles. The van der Waals surface area contributed by atoms with Gasteiger partial charge in [0, 0.05) is 12.0 Å². The zero-order chi connectivity index (χ0) is 30.9. The summed E-state index contributed by atoms with van der Waals surface area (Å²) >= 11 is 0. The van der Waals surface area contributed by atoms with Crippen LogP contribution in [0.2, 0.25) is 0 Å². The van der Waals surface area contributed by atoms with Crippen molar-refractivity contribution in [1.29, 1.82) is 0 Å². The van der Waals surface area contributed by atoms with Crippen molar-refractivity contribution in [2.75, 3.05) is 23.8 Å². The fourth-order valence-corrected chi connectivity index (χ4v) is 4.78. The lowest BCUT2D eigenvalue weighted by Crippen LogP contribution is -2.41. The van der Waals surface area contributed by atoms with E-state index in [2.05, 4.69) is 21.0 Å². The van der Waals surface area contributed by atoms with E-state index in [1.165, 1.54) is 6.20 Å². The number of nitrogens with one attached hydrogen (secondary N) is 3. The van der Waals surface area contributed by atoms with Crippen LogP contribution in [-0.2, 0) is 21.6 Å². The molecule has 1 atom stereocenters. The van der Waals surface area contributed by atoms with E-state index < -0.39 is 29.2 Å². The van der Waals surface area contributed by atoms with Crippen LogP contribution in [0, 0.1) is 0 Å². The van der Waals surface area contributed by atoms with Crippen LogP contribution in [0.5, 0.6) is 0 Å². The Bertz CT molecular complexity index is 1370. The van der Waals surface area contributed by atoms with Crippen molar-refractivity contribution >= 4 is 23.5 Å². The van der Waals surface area contributed by atoms with Gasteiger partial charge in [-0.05, 0) is 37.5 Å². The quantitative estimate of drug-likeness (QED) is 0.155. The van der Waals surface area contributed by atoms with Crippen molar-refractivity contribution in [3.8, 4) is 0 Å². The fraction of sp³-hybridized carbons (Fsp3) is 0.303. The molecule has 0 aliphatic heterocycles. The van der Waals surface area contributed by atoms with Gasteiger partial charge in [-0.25, -0.2) is 9.48 Å². The SMILES string of the molecule is CC(C)(C)NC(=O)OCC[C@H](O)C(=O)Nc1cnn(CCO)c1NC(c1ccccc1)(c1ccccc1)c1ccccc1. The Kier molecular flexibility index (Phi) is 10.2. The van der Waals surface area contributed by atoms with Gasteiger partial charge in [-0.2, -0.15) is 5.10 Å². The van der Waals surface area contributed by atoms with Crippen molar-refractivity contribution in [1.82, 2.24) is 15.1 Å². The number of rotatable bonds is 12. The third kappa shape index (κ3) is 7.79. The highest BCUT2D eigenvalue weighted by molar-refractivity contribution is 5.96. The monoisotopic (exact) mass is 585 g/mol. The lowest BCUT2D eigenvalue weighted by Gasteiger charge is -2.38. The zero-order valence-corrected chi connectivity index (χ0v) is 24.7. The van der Waals surface area contributed by atoms with Crippen molar-refractivity contribution in [2.24, 2.45) is 0 Å². The highest BCUT2D eigenvalue weighted by Gasteiger charge is 2.38. The molecule has 0 bridgehead atoms. The Balaban J connectivity index is 1.67. The molecular formula is C33H39N5O5. The van der Waals surface area contributed by atoms with E-state index in [0.29, 0.717) is 11.5 Å². The van der Waals surface area contributed by atoms with E-state index in [1.54, 1.807) is 4.68 Å². The Morgan fingerprint density at radius 1 is 0.884 bits per heavy atom. The Hall–Kier alpha value is -4.67. The molecule has 0 radical (unpaired) electrons. The standard InChI is InChI=1S/C33H39N5O5/c1-32(2,3)37-31(42)43-22-19-28(40)30(41)35-27-23-34-38(20-21-39)29(27)36-33(24-13-7-4-8-14-24,25-15-9-5-10-16-25)26-17-11-6-12-18-26/h4-18,23,28,36,39-40H,19-22H2,1-3H3,(H,35,41)(H,37,42)/t28-/m0/s1. The molecule has 226 valence electrons. The number of aliphatic hydroxyl groups excluding tert-OH is 2. The van der Waals surface area contributed by atoms with Crippen LogP contribution >= 0.6 is 0 Å². The maximum atomic E-state index is 13.1. The van der Waals surface area contributed by atoms with Crippen LogP contribution in [0.3, 0.4) is 0 Å². The maximum Gasteiger partial charge on any atom is 0.407 e. The topological polar surface area (TPSA) is 138 Å². The number of nitrogens with zero attached hydrogens (tertiary/aromatic N) is 2. The molecule has 10 heteroatoms. The van der Waals surface area contributed by atoms with Crippen LogP contribution in [0.4, 0.5) is 16.3 Å². The van der Waals surface area contributed by atoms with Gasteiger partial charge in [-0.1, -0.05) is 91.0 Å². The smallest absolute Gasteiger partial charge is 0.407 e. The fourth-order valence-electron chi connectivity index (χ4n) is 4.78. The predicted octanol–water partition coefficient (Wildman–Crippen LogP) is 4.49. The van der Waals surface area contributed by atoms with Gasteiger partial charge >= 0.3 is 6.09 Å². The lowest BCUT2D eigenvalue weighted by atomic mass is 9.77. The summed E-state index contributed by atoms with van der Waals surface area (Å²) in [7, 11) is 0. The number of benzene rings is 3. The summed E-state index contributed by atoms with van der Waals surface area (Å²) in [6.07, 6.45) is -0.699. The summed E-state index contributed by atoms with van der Waals surface area (Å²) in [6, 6.07) is 29.8. The first-order valence-corrected chi connectivity index (χ1v) is 14.2. The average Bonchev–Trinajstić information content (AvgIpc) is 3.36. The van der Waals surface area contributed by atoms with E-state index in [9.17, 15) is 19.8 Å². The first-order chi connectivity index (χ1) is 20.6. The molecular weight excluding hydrogens is 546 g/mol. The van der Waals surface area contributed by atoms with Crippen molar-refractivity contribution in [3.05, 3.63) is 114 Å². The summed E-state index contributed by atoms with van der Waals surface area (Å²) in [5.41, 5.74) is 1.73. The van der Waals surface area contributed by atoms with Gasteiger partial charge in [0.25, 0.3) is 5.91 Å². The Labute approximate surface area is 251 Å². The van der Waals surface area contributed by atoms with Crippen molar-refractivity contribution < 1.29 is 24.5 Å². The van der Waals surface area contributed by atoms with Gasteiger partial charge in [0.05, 0.1) is 26.0 Å². The molecule has 0 spiro atoms. The molecule has 5 N–H and O–H groups in total. The van der Waals surface area contributed by atoms with Gasteiger partial charge in [0.15, 0.2) is 0 Å². The van der Waals surface area contributed by atoms with E-state index >= 15 is 0 Å². The number of amides is 2. The lowest BCUT2D eigenvalue weighted by molar-refractivity contribution is -0.124. The van der Waals surface area contributed by atoms with Gasteiger partial charge in [0.2, 0.25) is 0 Å². The number of ether oxygens (including phenoxy) is 1. The van der Waals surface area contributed by atoms with Crippen LogP contribution in [0.25, 0.3) is 0 Å². The van der Waals surface area contributed by atoms with E-state index in [-0.39, 0.29) is 26.2 Å². The van der Waals surface area contributed by atoms with Gasteiger partial charge in [-0.3, -0.25) is 4.79 Å². The molecule has 10 nitrogen and oxygen atoms in total. The summed E-state index contributed by atoms with van der Waals surface area (Å²) < 4.78 is 6.69. The van der Waals surface area contributed by atoms with Crippen LogP contribution in [0.1, 0.15) is 43.9 Å². The molecule has 4 aromatic rings. The molecule has 0 fully saturated rings. The zero-order valence-electron chi connectivity index (χ0n) is 24.7. The second-order valence-corrected chi connectivity index (χ2v) is 11.1. The predicted molar refractivity (Wildman–Crippen MR) is 166 cm³/mol. The molecule has 1 heterocycles. The number of aliphatic hydroxyl groups is 2. The number of alkyl carbamates (subject to hydrolysis) is 1. The average molecular weight is 586 g/mol. The number of hydrogen-bond donors (Lipinski definition) is 5. The molecule has 0 aliphatic rings. The summed E-state index contributed by atoms with van der Waals surface area (Å²) in [5.74, 6) is -0.247.